The summed E-state index contributed by atoms with van der Waals surface area (Å²) in [5.41, 5.74) is 5.79. The summed E-state index contributed by atoms with van der Waals surface area (Å²) in [5, 5.41) is 0. The number of urea groups is 1. The van der Waals surface area contributed by atoms with Gasteiger partial charge in [0.1, 0.15) is 0 Å². The third-order valence-corrected chi connectivity index (χ3v) is 4.42. The van der Waals surface area contributed by atoms with Crippen molar-refractivity contribution < 1.29 is 4.79 Å². The molecule has 2 rings (SSSR count). The summed E-state index contributed by atoms with van der Waals surface area (Å²) in [6, 6.07) is 0.471. The third kappa shape index (κ3) is 2.57. The standard InChI is InChI=1S/C13H25N3O/c1-10-3-6-15(7-4-10)13(17)16-8-5-11(2)12(16)9-14/h10-12H,3-9,14H2,1-2H3. The second kappa shape index (κ2) is 5.25. The van der Waals surface area contributed by atoms with E-state index in [-0.39, 0.29) is 12.1 Å². The number of piperidine rings is 1. The van der Waals surface area contributed by atoms with Gasteiger partial charge < -0.3 is 15.5 Å². The van der Waals surface area contributed by atoms with Gasteiger partial charge in [0.2, 0.25) is 0 Å². The van der Waals surface area contributed by atoms with E-state index in [1.165, 1.54) is 0 Å². The lowest BCUT2D eigenvalue weighted by Gasteiger charge is -2.36. The molecule has 4 nitrogen and oxygen atoms in total. The minimum Gasteiger partial charge on any atom is -0.328 e. The van der Waals surface area contributed by atoms with Gasteiger partial charge in [0, 0.05) is 32.2 Å². The molecule has 2 unspecified atom stereocenters. The van der Waals surface area contributed by atoms with E-state index in [9.17, 15) is 4.79 Å². The maximum atomic E-state index is 12.4. The van der Waals surface area contributed by atoms with Gasteiger partial charge >= 0.3 is 6.03 Å². The number of nitrogens with zero attached hydrogens (tertiary/aromatic N) is 2. The highest BCUT2D eigenvalue weighted by molar-refractivity contribution is 5.75. The van der Waals surface area contributed by atoms with Crippen LogP contribution in [0.15, 0.2) is 0 Å². The molecule has 0 aromatic heterocycles. The Bertz CT molecular complexity index is 274. The summed E-state index contributed by atoms with van der Waals surface area (Å²) in [6.45, 7) is 7.78. The van der Waals surface area contributed by atoms with Gasteiger partial charge in [-0.2, -0.15) is 0 Å². The Kier molecular flexibility index (Phi) is 3.92. The van der Waals surface area contributed by atoms with Crippen LogP contribution >= 0.6 is 0 Å². The van der Waals surface area contributed by atoms with Crippen molar-refractivity contribution in [2.75, 3.05) is 26.2 Å². The van der Waals surface area contributed by atoms with Gasteiger partial charge in [-0.05, 0) is 31.1 Å². The van der Waals surface area contributed by atoms with Crippen LogP contribution < -0.4 is 5.73 Å². The van der Waals surface area contributed by atoms with Crippen LogP contribution in [0, 0.1) is 11.8 Å². The number of carbonyl (C=O) groups excluding carboxylic acids is 1. The van der Waals surface area contributed by atoms with Gasteiger partial charge in [-0.25, -0.2) is 4.79 Å². The molecule has 2 atom stereocenters. The van der Waals surface area contributed by atoms with Crippen molar-refractivity contribution >= 4 is 6.03 Å². The fourth-order valence-electron chi connectivity index (χ4n) is 2.99. The number of hydrogen-bond acceptors (Lipinski definition) is 2. The summed E-state index contributed by atoms with van der Waals surface area (Å²) in [7, 11) is 0. The smallest absolute Gasteiger partial charge is 0.320 e. The Balaban J connectivity index is 1.95. The highest BCUT2D eigenvalue weighted by Crippen LogP contribution is 2.26. The van der Waals surface area contributed by atoms with Gasteiger partial charge in [0.05, 0.1) is 0 Å². The van der Waals surface area contributed by atoms with Crippen LogP contribution in [0.3, 0.4) is 0 Å². The van der Waals surface area contributed by atoms with Crippen molar-refractivity contribution in [1.82, 2.24) is 9.80 Å². The molecule has 2 aliphatic heterocycles. The third-order valence-electron chi connectivity index (χ3n) is 4.42. The van der Waals surface area contributed by atoms with Crippen LogP contribution in [0.2, 0.25) is 0 Å². The van der Waals surface area contributed by atoms with E-state index in [2.05, 4.69) is 13.8 Å². The number of rotatable bonds is 1. The maximum Gasteiger partial charge on any atom is 0.320 e. The molecule has 2 N–H and O–H groups in total. The number of nitrogens with two attached hydrogens (primary N) is 1. The number of carbonyl (C=O) groups is 1. The van der Waals surface area contributed by atoms with Gasteiger partial charge in [-0.15, -0.1) is 0 Å². The lowest BCUT2D eigenvalue weighted by atomic mass is 9.99. The van der Waals surface area contributed by atoms with Crippen LogP contribution in [0.25, 0.3) is 0 Å². The summed E-state index contributed by atoms with van der Waals surface area (Å²) in [5.74, 6) is 1.31. The molecular formula is C13H25N3O. The van der Waals surface area contributed by atoms with Gasteiger partial charge in [0.25, 0.3) is 0 Å². The fraction of sp³-hybridized carbons (Fsp3) is 0.923. The predicted molar refractivity (Wildman–Crippen MR) is 68.7 cm³/mol. The molecule has 0 bridgehead atoms. The molecule has 0 aliphatic carbocycles. The van der Waals surface area contributed by atoms with E-state index in [0.29, 0.717) is 12.5 Å². The molecule has 2 saturated heterocycles. The number of hydrogen-bond donors (Lipinski definition) is 1. The fourth-order valence-corrected chi connectivity index (χ4v) is 2.99. The molecule has 2 aliphatic rings. The molecule has 17 heavy (non-hydrogen) atoms. The summed E-state index contributed by atoms with van der Waals surface area (Å²) in [6.07, 6.45) is 3.38. The average molecular weight is 239 g/mol. The molecule has 2 amide bonds. The first-order valence-electron chi connectivity index (χ1n) is 6.89. The van der Waals surface area contributed by atoms with Crippen molar-refractivity contribution in [2.24, 2.45) is 17.6 Å². The zero-order valence-electron chi connectivity index (χ0n) is 11.1. The second-order valence-electron chi connectivity index (χ2n) is 5.71. The summed E-state index contributed by atoms with van der Waals surface area (Å²) in [4.78, 5) is 16.4. The number of amides is 2. The highest BCUT2D eigenvalue weighted by atomic mass is 16.2. The van der Waals surface area contributed by atoms with E-state index in [1.54, 1.807) is 0 Å². The lowest BCUT2D eigenvalue weighted by molar-refractivity contribution is 0.128. The van der Waals surface area contributed by atoms with E-state index < -0.39 is 0 Å². The van der Waals surface area contributed by atoms with Crippen molar-refractivity contribution in [3.8, 4) is 0 Å². The van der Waals surface area contributed by atoms with E-state index in [4.69, 9.17) is 5.73 Å². The first kappa shape index (κ1) is 12.7. The SMILES string of the molecule is CC1CCN(C(=O)N2CCC(C)C2CN)CC1. The Labute approximate surface area is 104 Å². The predicted octanol–water partition coefficient (Wildman–Crippen LogP) is 1.51. The molecule has 2 fully saturated rings. The molecular weight excluding hydrogens is 214 g/mol. The lowest BCUT2D eigenvalue weighted by Crippen LogP contribution is -2.50. The van der Waals surface area contributed by atoms with Crippen molar-refractivity contribution in [3.63, 3.8) is 0 Å². The van der Waals surface area contributed by atoms with Crippen molar-refractivity contribution in [1.29, 1.82) is 0 Å². The van der Waals surface area contributed by atoms with E-state index in [0.717, 1.165) is 44.8 Å². The second-order valence-corrected chi connectivity index (χ2v) is 5.71. The van der Waals surface area contributed by atoms with E-state index in [1.807, 2.05) is 9.80 Å². The minimum atomic E-state index is 0.219. The summed E-state index contributed by atoms with van der Waals surface area (Å²) < 4.78 is 0. The van der Waals surface area contributed by atoms with Gasteiger partial charge in [0.15, 0.2) is 0 Å². The molecule has 4 heteroatoms. The molecule has 0 aromatic rings. The first-order chi connectivity index (χ1) is 8.13. The average Bonchev–Trinajstić information content (AvgIpc) is 2.70. The van der Waals surface area contributed by atoms with Crippen LogP contribution in [0.1, 0.15) is 33.1 Å². The Morgan fingerprint density at radius 1 is 1.18 bits per heavy atom. The van der Waals surface area contributed by atoms with Gasteiger partial charge in [-0.3, -0.25) is 0 Å². The molecule has 2 heterocycles. The molecule has 0 radical (unpaired) electrons. The Morgan fingerprint density at radius 2 is 1.82 bits per heavy atom. The zero-order valence-corrected chi connectivity index (χ0v) is 11.1. The first-order valence-corrected chi connectivity index (χ1v) is 6.89. The largest absolute Gasteiger partial charge is 0.328 e. The Morgan fingerprint density at radius 3 is 2.41 bits per heavy atom. The van der Waals surface area contributed by atoms with Crippen molar-refractivity contribution in [3.05, 3.63) is 0 Å². The molecule has 0 aromatic carbocycles. The Hall–Kier alpha value is -0.770. The number of likely N-dealkylation sites (tertiary alicyclic amines) is 2. The van der Waals surface area contributed by atoms with Crippen LogP contribution in [-0.2, 0) is 0 Å². The van der Waals surface area contributed by atoms with E-state index >= 15 is 0 Å². The van der Waals surface area contributed by atoms with Crippen LogP contribution in [0.4, 0.5) is 4.79 Å². The highest BCUT2D eigenvalue weighted by Gasteiger charge is 2.36. The molecule has 98 valence electrons. The molecule has 0 saturated carbocycles. The summed E-state index contributed by atoms with van der Waals surface area (Å²) >= 11 is 0. The normalized spacial score (nSPS) is 31.0. The molecule has 0 spiro atoms. The quantitative estimate of drug-likeness (QED) is 0.754. The van der Waals surface area contributed by atoms with Crippen molar-refractivity contribution in [2.45, 2.75) is 39.2 Å². The zero-order chi connectivity index (χ0) is 12.4. The van der Waals surface area contributed by atoms with Crippen LogP contribution in [0.5, 0.6) is 0 Å². The topological polar surface area (TPSA) is 49.6 Å². The van der Waals surface area contributed by atoms with Gasteiger partial charge in [-0.1, -0.05) is 13.8 Å². The monoisotopic (exact) mass is 239 g/mol. The van der Waals surface area contributed by atoms with Crippen LogP contribution in [-0.4, -0.2) is 48.1 Å². The minimum absolute atomic E-state index is 0.219. The maximum absolute atomic E-state index is 12.4.